The van der Waals surface area contributed by atoms with Gasteiger partial charge >= 0.3 is 0 Å². The molecule has 1 unspecified atom stereocenters. The van der Waals surface area contributed by atoms with E-state index in [1.807, 2.05) is 0 Å². The quantitative estimate of drug-likeness (QED) is 0.612. The van der Waals surface area contributed by atoms with Gasteiger partial charge < -0.3 is 9.53 Å². The molecule has 2 rings (SSSR count). The molecule has 13 heavy (non-hydrogen) atoms. The zero-order chi connectivity index (χ0) is 9.15. The summed E-state index contributed by atoms with van der Waals surface area (Å²) in [6, 6.07) is 0. The largest absolute Gasteiger partial charge is 0.377 e. The lowest BCUT2D eigenvalue weighted by atomic mass is 9.70. The van der Waals surface area contributed by atoms with E-state index in [1.165, 1.54) is 25.5 Å². The number of ether oxygens (including phenoxy) is 1. The summed E-state index contributed by atoms with van der Waals surface area (Å²) in [5, 5.41) is 0. The fourth-order valence-electron chi connectivity index (χ4n) is 2.76. The molecule has 0 spiro atoms. The Morgan fingerprint density at radius 1 is 1.15 bits per heavy atom. The van der Waals surface area contributed by atoms with Crippen LogP contribution in [0.1, 0.15) is 44.9 Å². The highest BCUT2D eigenvalue weighted by Gasteiger charge is 2.41. The second-order valence-corrected chi connectivity index (χ2v) is 4.41. The molecule has 0 amide bonds. The second kappa shape index (κ2) is 3.79. The predicted octanol–water partition coefficient (Wildman–Crippen LogP) is 2.31. The molecule has 2 fully saturated rings. The molecule has 2 aliphatic rings. The first kappa shape index (κ1) is 9.20. The van der Waals surface area contributed by atoms with Gasteiger partial charge in [0.25, 0.3) is 0 Å². The van der Waals surface area contributed by atoms with E-state index >= 15 is 0 Å². The van der Waals surface area contributed by atoms with Gasteiger partial charge in [-0.15, -0.1) is 0 Å². The van der Waals surface area contributed by atoms with Crippen LogP contribution in [0, 0.1) is 5.41 Å². The van der Waals surface area contributed by atoms with Crippen LogP contribution in [-0.4, -0.2) is 19.0 Å². The van der Waals surface area contributed by atoms with Gasteiger partial charge in [0.05, 0.1) is 11.5 Å². The Balaban J connectivity index is 2.07. The van der Waals surface area contributed by atoms with Crippen molar-refractivity contribution in [2.24, 2.45) is 5.41 Å². The predicted molar refractivity (Wildman–Crippen MR) is 50.6 cm³/mol. The number of hydrogen-bond acceptors (Lipinski definition) is 2. The maximum atomic E-state index is 11.2. The molecular weight excluding hydrogens is 164 g/mol. The van der Waals surface area contributed by atoms with Gasteiger partial charge in [0.15, 0.2) is 0 Å². The summed E-state index contributed by atoms with van der Waals surface area (Å²) in [6.45, 7) is 0.861. The third-order valence-electron chi connectivity index (χ3n) is 3.59. The number of carbonyl (C=O) groups is 1. The van der Waals surface area contributed by atoms with E-state index in [0.29, 0.717) is 0 Å². The second-order valence-electron chi connectivity index (χ2n) is 4.41. The molecular formula is C11H18O2. The number of carbonyl (C=O) groups excluding carboxylic acids is 1. The fraction of sp³-hybridized carbons (Fsp3) is 0.909. The molecule has 1 aliphatic carbocycles. The average molecular weight is 182 g/mol. The van der Waals surface area contributed by atoms with Crippen LogP contribution in [0.4, 0.5) is 0 Å². The highest BCUT2D eigenvalue weighted by Crippen LogP contribution is 2.42. The third kappa shape index (κ3) is 1.64. The molecule has 0 aromatic rings. The Morgan fingerprint density at radius 2 is 1.92 bits per heavy atom. The van der Waals surface area contributed by atoms with Gasteiger partial charge in [-0.1, -0.05) is 19.3 Å². The van der Waals surface area contributed by atoms with Crippen molar-refractivity contribution < 1.29 is 9.53 Å². The molecule has 0 bridgehead atoms. The van der Waals surface area contributed by atoms with Crippen molar-refractivity contribution in [1.82, 2.24) is 0 Å². The summed E-state index contributed by atoms with van der Waals surface area (Å²) in [5.41, 5.74) is -0.102. The van der Waals surface area contributed by atoms with Gasteiger partial charge in [-0.3, -0.25) is 0 Å². The lowest BCUT2D eigenvalue weighted by Gasteiger charge is -2.36. The number of hydrogen-bond donors (Lipinski definition) is 0. The van der Waals surface area contributed by atoms with E-state index in [-0.39, 0.29) is 11.5 Å². The van der Waals surface area contributed by atoms with Gasteiger partial charge in [0, 0.05) is 6.61 Å². The van der Waals surface area contributed by atoms with Crippen LogP contribution in [-0.2, 0) is 9.53 Å². The minimum absolute atomic E-state index is 0.102. The molecule has 0 aromatic heterocycles. The van der Waals surface area contributed by atoms with E-state index in [2.05, 4.69) is 0 Å². The lowest BCUT2D eigenvalue weighted by molar-refractivity contribution is -0.126. The molecule has 0 aromatic carbocycles. The van der Waals surface area contributed by atoms with Crippen LogP contribution in [0.3, 0.4) is 0 Å². The molecule has 0 N–H and O–H groups in total. The van der Waals surface area contributed by atoms with Crippen LogP contribution in [0.2, 0.25) is 0 Å². The summed E-state index contributed by atoms with van der Waals surface area (Å²) in [5.74, 6) is 0. The Hall–Kier alpha value is -0.370. The zero-order valence-electron chi connectivity index (χ0n) is 8.13. The first-order valence-corrected chi connectivity index (χ1v) is 5.45. The van der Waals surface area contributed by atoms with Gasteiger partial charge in [-0.25, -0.2) is 0 Å². The standard InChI is InChI=1S/C11H18O2/c12-9-11(6-2-1-3-7-11)10-5-4-8-13-10/h9-10H,1-8H2. The van der Waals surface area contributed by atoms with Crippen LogP contribution < -0.4 is 0 Å². The fourth-order valence-corrected chi connectivity index (χ4v) is 2.76. The van der Waals surface area contributed by atoms with Crippen molar-refractivity contribution in [3.8, 4) is 0 Å². The highest BCUT2D eigenvalue weighted by atomic mass is 16.5. The molecule has 1 saturated carbocycles. The van der Waals surface area contributed by atoms with Crippen molar-refractivity contribution in [2.75, 3.05) is 6.61 Å². The molecule has 0 radical (unpaired) electrons. The first-order valence-electron chi connectivity index (χ1n) is 5.45. The average Bonchev–Trinajstić information content (AvgIpc) is 2.72. The lowest BCUT2D eigenvalue weighted by Crippen LogP contribution is -2.38. The van der Waals surface area contributed by atoms with Crippen molar-refractivity contribution in [1.29, 1.82) is 0 Å². The van der Waals surface area contributed by atoms with Crippen LogP contribution in [0.15, 0.2) is 0 Å². The van der Waals surface area contributed by atoms with Gasteiger partial charge in [-0.2, -0.15) is 0 Å². The van der Waals surface area contributed by atoms with Crippen molar-refractivity contribution in [2.45, 2.75) is 51.0 Å². The number of aldehydes is 1. The summed E-state index contributed by atoms with van der Waals surface area (Å²) in [6.07, 6.45) is 9.48. The third-order valence-corrected chi connectivity index (χ3v) is 3.59. The first-order chi connectivity index (χ1) is 6.37. The van der Waals surface area contributed by atoms with E-state index in [1.54, 1.807) is 0 Å². The summed E-state index contributed by atoms with van der Waals surface area (Å²) in [4.78, 5) is 11.2. The monoisotopic (exact) mass is 182 g/mol. The van der Waals surface area contributed by atoms with Crippen molar-refractivity contribution in [3.05, 3.63) is 0 Å². The highest BCUT2D eigenvalue weighted by molar-refractivity contribution is 5.60. The number of rotatable bonds is 2. The molecule has 2 nitrogen and oxygen atoms in total. The summed E-state index contributed by atoms with van der Waals surface area (Å²) >= 11 is 0. The Labute approximate surface area is 79.7 Å². The molecule has 74 valence electrons. The Kier molecular flexibility index (Phi) is 2.68. The van der Waals surface area contributed by atoms with Crippen molar-refractivity contribution in [3.63, 3.8) is 0 Å². The Morgan fingerprint density at radius 3 is 2.46 bits per heavy atom. The topological polar surface area (TPSA) is 26.3 Å². The summed E-state index contributed by atoms with van der Waals surface area (Å²) < 4.78 is 5.66. The van der Waals surface area contributed by atoms with Gasteiger partial charge in [0.1, 0.15) is 6.29 Å². The molecule has 1 aliphatic heterocycles. The maximum Gasteiger partial charge on any atom is 0.128 e. The molecule has 1 saturated heterocycles. The SMILES string of the molecule is O=CC1(C2CCCO2)CCCCC1. The van der Waals surface area contributed by atoms with Crippen LogP contribution in [0.5, 0.6) is 0 Å². The van der Waals surface area contributed by atoms with Crippen LogP contribution >= 0.6 is 0 Å². The zero-order valence-corrected chi connectivity index (χ0v) is 8.13. The summed E-state index contributed by atoms with van der Waals surface area (Å²) in [7, 11) is 0. The van der Waals surface area contributed by atoms with Crippen molar-refractivity contribution >= 4 is 6.29 Å². The van der Waals surface area contributed by atoms with E-state index in [4.69, 9.17) is 4.74 Å². The van der Waals surface area contributed by atoms with Crippen LogP contribution in [0.25, 0.3) is 0 Å². The normalized spacial score (nSPS) is 33.1. The molecule has 1 heterocycles. The minimum Gasteiger partial charge on any atom is -0.377 e. The van der Waals surface area contributed by atoms with Gasteiger partial charge in [-0.05, 0) is 25.7 Å². The minimum atomic E-state index is -0.102. The smallest absolute Gasteiger partial charge is 0.128 e. The Bertz CT molecular complexity index is 177. The van der Waals surface area contributed by atoms with Gasteiger partial charge in [0.2, 0.25) is 0 Å². The maximum absolute atomic E-state index is 11.2. The molecule has 1 atom stereocenters. The van der Waals surface area contributed by atoms with E-state index < -0.39 is 0 Å². The molecule has 2 heteroatoms. The van der Waals surface area contributed by atoms with E-state index in [9.17, 15) is 4.79 Å². The van der Waals surface area contributed by atoms with E-state index in [0.717, 1.165) is 32.3 Å².